The van der Waals surface area contributed by atoms with Crippen LogP contribution in [0.15, 0.2) is 42.5 Å². The predicted octanol–water partition coefficient (Wildman–Crippen LogP) is 3.31. The largest absolute Gasteiger partial charge is 0.493 e. The lowest BCUT2D eigenvalue weighted by Gasteiger charge is -2.10. The van der Waals surface area contributed by atoms with E-state index in [1.807, 2.05) is 0 Å². The second-order valence-corrected chi connectivity index (χ2v) is 3.81. The lowest BCUT2D eigenvalue weighted by molar-refractivity contribution is 0.112. The molecule has 0 saturated carbocycles. The van der Waals surface area contributed by atoms with Crippen LogP contribution < -0.4 is 14.2 Å². The summed E-state index contributed by atoms with van der Waals surface area (Å²) in [6.07, 6.45) is 0.792. The van der Waals surface area contributed by atoms with E-state index < -0.39 is 0 Å². The molecule has 4 nitrogen and oxygen atoms in total. The summed E-state index contributed by atoms with van der Waals surface area (Å²) in [5, 5.41) is 0. The van der Waals surface area contributed by atoms with Crippen LogP contribution >= 0.6 is 0 Å². The second kappa shape index (κ2) is 5.91. The lowest BCUT2D eigenvalue weighted by Crippen LogP contribution is -1.91. The molecule has 0 radical (unpaired) electrons. The summed E-state index contributed by atoms with van der Waals surface area (Å²) in [6, 6.07) is 12.2. The molecule has 2 aromatic carbocycles. The molecule has 2 aromatic rings. The van der Waals surface area contributed by atoms with Gasteiger partial charge in [0.25, 0.3) is 0 Å². The fourth-order valence-corrected chi connectivity index (χ4v) is 1.63. The first-order chi connectivity index (χ1) is 9.26. The molecule has 2 rings (SSSR count). The van der Waals surface area contributed by atoms with Gasteiger partial charge in [0.1, 0.15) is 17.8 Å². The molecule has 0 unspecified atom stereocenters. The fraction of sp³-hybridized carbons (Fsp3) is 0.133. The van der Waals surface area contributed by atoms with Crippen LogP contribution in [0.5, 0.6) is 23.0 Å². The van der Waals surface area contributed by atoms with Crippen molar-refractivity contribution in [3.63, 3.8) is 0 Å². The molecule has 0 aliphatic carbocycles. The standard InChI is InChI=1S/C15H14O4/c1-17-14-8-7-13(9-15(14)18-2)19-12-5-3-11(10-16)4-6-12/h3-10H,1-2H3. The highest BCUT2D eigenvalue weighted by molar-refractivity contribution is 5.74. The van der Waals surface area contributed by atoms with Gasteiger partial charge in [-0.25, -0.2) is 0 Å². The lowest BCUT2D eigenvalue weighted by atomic mass is 10.2. The molecular weight excluding hydrogens is 244 g/mol. The first kappa shape index (κ1) is 13.0. The van der Waals surface area contributed by atoms with Gasteiger partial charge in [-0.2, -0.15) is 0 Å². The van der Waals surface area contributed by atoms with E-state index in [2.05, 4.69) is 0 Å². The Morgan fingerprint density at radius 1 is 0.842 bits per heavy atom. The number of carbonyl (C=O) groups is 1. The molecule has 0 spiro atoms. The van der Waals surface area contributed by atoms with E-state index in [1.54, 1.807) is 56.7 Å². The summed E-state index contributed by atoms with van der Waals surface area (Å²) in [7, 11) is 3.15. The molecule has 19 heavy (non-hydrogen) atoms. The number of hydrogen-bond acceptors (Lipinski definition) is 4. The molecule has 0 N–H and O–H groups in total. The topological polar surface area (TPSA) is 44.8 Å². The van der Waals surface area contributed by atoms with Crippen molar-refractivity contribution in [3.05, 3.63) is 48.0 Å². The summed E-state index contributed by atoms with van der Waals surface area (Å²) in [5.74, 6) is 2.53. The van der Waals surface area contributed by atoms with Gasteiger partial charge in [0.05, 0.1) is 14.2 Å². The highest BCUT2D eigenvalue weighted by Crippen LogP contribution is 2.32. The molecule has 0 aliphatic heterocycles. The van der Waals surface area contributed by atoms with Crippen molar-refractivity contribution in [1.82, 2.24) is 0 Å². The minimum Gasteiger partial charge on any atom is -0.493 e. The number of carbonyl (C=O) groups excluding carboxylic acids is 1. The maximum atomic E-state index is 10.6. The molecular formula is C15H14O4. The normalized spacial score (nSPS) is 9.79. The zero-order chi connectivity index (χ0) is 13.7. The fourth-order valence-electron chi connectivity index (χ4n) is 1.63. The Hall–Kier alpha value is -2.49. The monoisotopic (exact) mass is 258 g/mol. The van der Waals surface area contributed by atoms with Gasteiger partial charge in [-0.15, -0.1) is 0 Å². The van der Waals surface area contributed by atoms with Gasteiger partial charge in [0.15, 0.2) is 11.5 Å². The van der Waals surface area contributed by atoms with Crippen molar-refractivity contribution in [3.8, 4) is 23.0 Å². The smallest absolute Gasteiger partial charge is 0.164 e. The second-order valence-electron chi connectivity index (χ2n) is 3.81. The van der Waals surface area contributed by atoms with E-state index in [0.717, 1.165) is 6.29 Å². The average molecular weight is 258 g/mol. The SMILES string of the molecule is COc1ccc(Oc2ccc(C=O)cc2)cc1OC. The quantitative estimate of drug-likeness (QED) is 0.772. The van der Waals surface area contributed by atoms with Gasteiger partial charge in [-0.05, 0) is 36.4 Å². The van der Waals surface area contributed by atoms with Crippen molar-refractivity contribution in [2.45, 2.75) is 0 Å². The van der Waals surface area contributed by atoms with Crippen molar-refractivity contribution in [2.75, 3.05) is 14.2 Å². The van der Waals surface area contributed by atoms with Crippen LogP contribution in [0.3, 0.4) is 0 Å². The third-order valence-electron chi connectivity index (χ3n) is 2.61. The number of methoxy groups -OCH3 is 2. The Balaban J connectivity index is 2.20. The number of aldehydes is 1. The maximum Gasteiger partial charge on any atom is 0.164 e. The van der Waals surface area contributed by atoms with Gasteiger partial charge < -0.3 is 14.2 Å². The van der Waals surface area contributed by atoms with E-state index in [-0.39, 0.29) is 0 Å². The Bertz CT molecular complexity index is 561. The summed E-state index contributed by atoms with van der Waals surface area (Å²) in [5.41, 5.74) is 0.611. The Morgan fingerprint density at radius 2 is 1.47 bits per heavy atom. The minimum absolute atomic E-state index is 0.601. The molecule has 0 fully saturated rings. The Kier molecular flexibility index (Phi) is 4.03. The Morgan fingerprint density at radius 3 is 2.05 bits per heavy atom. The van der Waals surface area contributed by atoms with Crippen molar-refractivity contribution in [1.29, 1.82) is 0 Å². The summed E-state index contributed by atoms with van der Waals surface area (Å²) in [4.78, 5) is 10.6. The van der Waals surface area contributed by atoms with Gasteiger partial charge in [0, 0.05) is 11.6 Å². The molecule has 0 aliphatic rings. The minimum atomic E-state index is 0.601. The summed E-state index contributed by atoms with van der Waals surface area (Å²) < 4.78 is 16.0. The van der Waals surface area contributed by atoms with E-state index in [1.165, 1.54) is 0 Å². The van der Waals surface area contributed by atoms with Crippen LogP contribution in [-0.4, -0.2) is 20.5 Å². The number of hydrogen-bond donors (Lipinski definition) is 0. The van der Waals surface area contributed by atoms with Crippen LogP contribution in [0.1, 0.15) is 10.4 Å². The van der Waals surface area contributed by atoms with Crippen LogP contribution in [0, 0.1) is 0 Å². The number of benzene rings is 2. The van der Waals surface area contributed by atoms with Crippen molar-refractivity contribution in [2.24, 2.45) is 0 Å². The third kappa shape index (κ3) is 3.04. The van der Waals surface area contributed by atoms with Gasteiger partial charge >= 0.3 is 0 Å². The molecule has 0 atom stereocenters. The van der Waals surface area contributed by atoms with Crippen LogP contribution in [0.2, 0.25) is 0 Å². The highest BCUT2D eigenvalue weighted by atomic mass is 16.5. The average Bonchev–Trinajstić information content (AvgIpc) is 2.48. The third-order valence-corrected chi connectivity index (χ3v) is 2.61. The highest BCUT2D eigenvalue weighted by Gasteiger charge is 2.06. The number of ether oxygens (including phenoxy) is 3. The Labute approximate surface area is 111 Å². The molecule has 4 heteroatoms. The van der Waals surface area contributed by atoms with Gasteiger partial charge in [0.2, 0.25) is 0 Å². The number of rotatable bonds is 5. The van der Waals surface area contributed by atoms with Crippen molar-refractivity contribution < 1.29 is 19.0 Å². The summed E-state index contributed by atoms with van der Waals surface area (Å²) in [6.45, 7) is 0. The van der Waals surface area contributed by atoms with Crippen LogP contribution in [0.4, 0.5) is 0 Å². The van der Waals surface area contributed by atoms with E-state index in [4.69, 9.17) is 14.2 Å². The molecule has 0 heterocycles. The molecule has 0 bridgehead atoms. The maximum absolute atomic E-state index is 10.6. The molecule has 0 amide bonds. The zero-order valence-corrected chi connectivity index (χ0v) is 10.8. The molecule has 0 aromatic heterocycles. The molecule has 98 valence electrons. The van der Waals surface area contributed by atoms with Crippen LogP contribution in [0.25, 0.3) is 0 Å². The van der Waals surface area contributed by atoms with E-state index in [9.17, 15) is 4.79 Å². The predicted molar refractivity (Wildman–Crippen MR) is 71.4 cm³/mol. The first-order valence-electron chi connectivity index (χ1n) is 5.72. The van der Waals surface area contributed by atoms with Crippen molar-refractivity contribution >= 4 is 6.29 Å². The van der Waals surface area contributed by atoms with E-state index in [0.29, 0.717) is 28.6 Å². The van der Waals surface area contributed by atoms with Crippen LogP contribution in [-0.2, 0) is 0 Å². The summed E-state index contributed by atoms with van der Waals surface area (Å²) >= 11 is 0. The van der Waals surface area contributed by atoms with E-state index >= 15 is 0 Å². The van der Waals surface area contributed by atoms with Gasteiger partial charge in [-0.1, -0.05) is 0 Å². The van der Waals surface area contributed by atoms with Gasteiger partial charge in [-0.3, -0.25) is 4.79 Å². The zero-order valence-electron chi connectivity index (χ0n) is 10.8. The first-order valence-corrected chi connectivity index (χ1v) is 5.72. The molecule has 0 saturated heterocycles.